The van der Waals surface area contributed by atoms with Crippen LogP contribution < -0.4 is 5.36 Å². The maximum Gasteiger partial charge on any atom is 0.0787 e. The van der Waals surface area contributed by atoms with Gasteiger partial charge in [0.2, 0.25) is 0 Å². The van der Waals surface area contributed by atoms with Gasteiger partial charge in [-0.3, -0.25) is 4.99 Å². The van der Waals surface area contributed by atoms with Crippen LogP contribution in [0.5, 0.6) is 0 Å². The first kappa shape index (κ1) is 8.69. The maximum absolute atomic E-state index is 4.24. The second-order valence-corrected chi connectivity index (χ2v) is 2.89. The van der Waals surface area contributed by atoms with Crippen LogP contribution in [0.25, 0.3) is 5.69 Å². The van der Waals surface area contributed by atoms with Gasteiger partial charge < -0.3 is 0 Å². The summed E-state index contributed by atoms with van der Waals surface area (Å²) in [6.45, 7) is 0. The molecule has 0 radical (unpaired) electrons. The van der Waals surface area contributed by atoms with Gasteiger partial charge in [0.25, 0.3) is 0 Å². The summed E-state index contributed by atoms with van der Waals surface area (Å²) in [6.07, 6.45) is 3.64. The highest BCUT2D eigenvalue weighted by atomic mass is 15.3. The molecule has 3 nitrogen and oxygen atoms in total. The van der Waals surface area contributed by atoms with Gasteiger partial charge in [0.05, 0.1) is 17.2 Å². The highest BCUT2D eigenvalue weighted by molar-refractivity contribution is 5.29. The van der Waals surface area contributed by atoms with Crippen molar-refractivity contribution >= 4 is 0 Å². The Labute approximate surface area is 82.4 Å². The Morgan fingerprint density at radius 3 is 2.50 bits per heavy atom. The molecular formula is C11H11N3. The van der Waals surface area contributed by atoms with Gasteiger partial charge >= 0.3 is 0 Å². The minimum absolute atomic E-state index is 0.886. The van der Waals surface area contributed by atoms with Gasteiger partial charge in [0.15, 0.2) is 0 Å². The highest BCUT2D eigenvalue weighted by Crippen LogP contribution is 2.02. The van der Waals surface area contributed by atoms with E-state index in [1.54, 1.807) is 13.2 Å². The second-order valence-electron chi connectivity index (χ2n) is 2.89. The summed E-state index contributed by atoms with van der Waals surface area (Å²) in [5, 5.41) is 5.13. The number of hydrogen-bond acceptors (Lipinski definition) is 2. The molecule has 1 aromatic carbocycles. The average Bonchev–Trinajstić information content (AvgIpc) is 2.30. The van der Waals surface area contributed by atoms with Gasteiger partial charge in [-0.1, -0.05) is 18.2 Å². The molecule has 2 aromatic rings. The normalized spacial score (nSPS) is 11.6. The van der Waals surface area contributed by atoms with Crippen LogP contribution in [0.2, 0.25) is 0 Å². The smallest absolute Gasteiger partial charge is 0.0787 e. The Kier molecular flexibility index (Phi) is 2.40. The van der Waals surface area contributed by atoms with E-state index in [0.29, 0.717) is 0 Å². The van der Waals surface area contributed by atoms with Crippen LogP contribution in [0, 0.1) is 0 Å². The zero-order valence-electron chi connectivity index (χ0n) is 7.96. The van der Waals surface area contributed by atoms with E-state index >= 15 is 0 Å². The molecule has 1 aromatic heterocycles. The quantitative estimate of drug-likeness (QED) is 0.660. The van der Waals surface area contributed by atoms with Crippen LogP contribution in [0.3, 0.4) is 0 Å². The summed E-state index contributed by atoms with van der Waals surface area (Å²) in [7, 11) is 1.75. The molecule has 0 N–H and O–H groups in total. The number of rotatable bonds is 1. The van der Waals surface area contributed by atoms with Crippen molar-refractivity contribution in [2.24, 2.45) is 4.99 Å². The van der Waals surface area contributed by atoms with Crippen molar-refractivity contribution in [3.8, 4) is 5.69 Å². The van der Waals surface area contributed by atoms with Crippen molar-refractivity contribution in [3.05, 3.63) is 54.1 Å². The minimum atomic E-state index is 0.886. The Hall–Kier alpha value is -1.90. The predicted octanol–water partition coefficient (Wildman–Crippen LogP) is 1.40. The van der Waals surface area contributed by atoms with Crippen LogP contribution in [-0.2, 0) is 0 Å². The van der Waals surface area contributed by atoms with Gasteiger partial charge in [0, 0.05) is 13.2 Å². The summed E-state index contributed by atoms with van der Waals surface area (Å²) >= 11 is 0. The zero-order chi connectivity index (χ0) is 9.80. The van der Waals surface area contributed by atoms with Crippen LogP contribution in [0.1, 0.15) is 0 Å². The number of hydrogen-bond donors (Lipinski definition) is 0. The lowest BCUT2D eigenvalue weighted by atomic mass is 10.3. The highest BCUT2D eigenvalue weighted by Gasteiger charge is 1.91. The van der Waals surface area contributed by atoms with E-state index < -0.39 is 0 Å². The second kappa shape index (κ2) is 3.87. The molecule has 0 saturated heterocycles. The maximum atomic E-state index is 4.24. The van der Waals surface area contributed by atoms with Crippen molar-refractivity contribution < 1.29 is 0 Å². The fourth-order valence-corrected chi connectivity index (χ4v) is 1.22. The molecule has 0 aliphatic heterocycles. The molecule has 70 valence electrons. The molecule has 0 aliphatic rings. The van der Waals surface area contributed by atoms with Crippen LogP contribution in [0.15, 0.2) is 53.8 Å². The molecule has 0 aliphatic carbocycles. The van der Waals surface area contributed by atoms with E-state index in [2.05, 4.69) is 10.1 Å². The third kappa shape index (κ3) is 1.71. The lowest BCUT2D eigenvalue weighted by Crippen LogP contribution is -2.07. The summed E-state index contributed by atoms with van der Waals surface area (Å²) in [6, 6.07) is 11.9. The van der Waals surface area contributed by atoms with Gasteiger partial charge in [-0.15, -0.1) is 0 Å². The van der Waals surface area contributed by atoms with Gasteiger partial charge in [-0.2, -0.15) is 5.10 Å². The fraction of sp³-hybridized carbons (Fsp3) is 0.0909. The van der Waals surface area contributed by atoms with Crippen molar-refractivity contribution in [2.75, 3.05) is 7.05 Å². The molecule has 0 spiro atoms. The van der Waals surface area contributed by atoms with Crippen molar-refractivity contribution in [1.82, 2.24) is 9.78 Å². The molecular weight excluding hydrogens is 174 g/mol. The van der Waals surface area contributed by atoms with E-state index in [9.17, 15) is 0 Å². The van der Waals surface area contributed by atoms with E-state index in [1.165, 1.54) is 0 Å². The molecule has 0 atom stereocenters. The topological polar surface area (TPSA) is 30.2 Å². The van der Waals surface area contributed by atoms with Crippen molar-refractivity contribution in [1.29, 1.82) is 0 Å². The summed E-state index contributed by atoms with van der Waals surface area (Å²) in [5.41, 5.74) is 1.05. The Morgan fingerprint density at radius 1 is 1.14 bits per heavy atom. The summed E-state index contributed by atoms with van der Waals surface area (Å²) < 4.78 is 1.81. The first-order chi connectivity index (χ1) is 6.90. The van der Waals surface area contributed by atoms with Gasteiger partial charge in [-0.25, -0.2) is 4.68 Å². The van der Waals surface area contributed by atoms with Crippen molar-refractivity contribution in [2.45, 2.75) is 0 Å². The Bertz CT molecular complexity index is 451. The minimum Gasteiger partial charge on any atom is -0.287 e. The molecule has 0 saturated carbocycles. The largest absolute Gasteiger partial charge is 0.287 e. The first-order valence-corrected chi connectivity index (χ1v) is 4.43. The summed E-state index contributed by atoms with van der Waals surface area (Å²) in [5.74, 6) is 0. The first-order valence-electron chi connectivity index (χ1n) is 4.43. The Balaban J connectivity index is 2.44. The van der Waals surface area contributed by atoms with Gasteiger partial charge in [0.1, 0.15) is 0 Å². The van der Waals surface area contributed by atoms with Crippen LogP contribution in [-0.4, -0.2) is 16.8 Å². The van der Waals surface area contributed by atoms with E-state index in [-0.39, 0.29) is 0 Å². The van der Waals surface area contributed by atoms with Crippen LogP contribution in [0.4, 0.5) is 0 Å². The number of aromatic nitrogens is 2. The standard InChI is InChI=1S/C11H11N3/c1-12-10-7-8-14(13-9-10)11-5-3-2-4-6-11/h2-9H,1H3. The fourth-order valence-electron chi connectivity index (χ4n) is 1.22. The van der Waals surface area contributed by atoms with Crippen LogP contribution >= 0.6 is 0 Å². The predicted molar refractivity (Wildman–Crippen MR) is 55.1 cm³/mol. The molecule has 2 rings (SSSR count). The van der Waals surface area contributed by atoms with E-state index in [1.807, 2.05) is 47.3 Å². The molecule has 0 unspecified atom stereocenters. The molecule has 3 heteroatoms. The molecule has 0 fully saturated rings. The van der Waals surface area contributed by atoms with Crippen molar-refractivity contribution in [3.63, 3.8) is 0 Å². The molecule has 14 heavy (non-hydrogen) atoms. The lowest BCUT2D eigenvalue weighted by molar-refractivity contribution is 0.831. The lowest BCUT2D eigenvalue weighted by Gasteiger charge is -2.02. The number of nitrogens with zero attached hydrogens (tertiary/aromatic N) is 3. The molecule has 1 heterocycles. The van der Waals surface area contributed by atoms with E-state index in [4.69, 9.17) is 0 Å². The average molecular weight is 185 g/mol. The SMILES string of the molecule is CN=c1ccn(-c2ccccc2)nc1. The molecule has 0 bridgehead atoms. The Morgan fingerprint density at radius 2 is 1.93 bits per heavy atom. The van der Waals surface area contributed by atoms with E-state index in [0.717, 1.165) is 11.0 Å². The summed E-state index contributed by atoms with van der Waals surface area (Å²) in [4.78, 5) is 4.03. The monoisotopic (exact) mass is 185 g/mol. The number of para-hydroxylation sites is 1. The zero-order valence-corrected chi connectivity index (χ0v) is 7.96. The van der Waals surface area contributed by atoms with Gasteiger partial charge in [-0.05, 0) is 18.2 Å². The third-order valence-electron chi connectivity index (χ3n) is 1.98. The third-order valence-corrected chi connectivity index (χ3v) is 1.98. The molecule has 0 amide bonds. The number of benzene rings is 1.